The lowest BCUT2D eigenvalue weighted by molar-refractivity contribution is 0.0780. The van der Waals surface area contributed by atoms with Gasteiger partial charge in [-0.2, -0.15) is 5.10 Å². The van der Waals surface area contributed by atoms with Gasteiger partial charge in [0.2, 0.25) is 0 Å². The Morgan fingerprint density at radius 3 is 2.42 bits per heavy atom. The minimum atomic E-state index is -0.284. The lowest BCUT2D eigenvalue weighted by atomic mass is 10.0. The predicted octanol–water partition coefficient (Wildman–Crippen LogP) is 1.92. The van der Waals surface area contributed by atoms with Gasteiger partial charge in [-0.1, -0.05) is 0 Å². The Bertz CT molecular complexity index is 771. The van der Waals surface area contributed by atoms with Crippen LogP contribution in [0.1, 0.15) is 21.7 Å². The second-order valence-electron chi connectivity index (χ2n) is 6.82. The summed E-state index contributed by atoms with van der Waals surface area (Å²) in [7, 11) is 0. The molecule has 1 amide bonds. The second kappa shape index (κ2) is 5.70. The van der Waals surface area contributed by atoms with E-state index in [4.69, 9.17) is 0 Å². The van der Waals surface area contributed by atoms with E-state index in [1.165, 1.54) is 12.1 Å². The molecule has 3 heterocycles. The Balaban J connectivity index is 1.64. The van der Waals surface area contributed by atoms with Crippen molar-refractivity contribution in [1.29, 1.82) is 0 Å². The van der Waals surface area contributed by atoms with E-state index < -0.39 is 0 Å². The van der Waals surface area contributed by atoms with Gasteiger partial charge in [0.25, 0.3) is 5.91 Å². The van der Waals surface area contributed by atoms with Crippen molar-refractivity contribution in [3.05, 3.63) is 47.0 Å². The van der Waals surface area contributed by atoms with Crippen molar-refractivity contribution >= 4 is 5.91 Å². The lowest BCUT2D eigenvalue weighted by Gasteiger charge is -2.17. The van der Waals surface area contributed by atoms with E-state index in [-0.39, 0.29) is 11.7 Å². The topological polar surface area (TPSA) is 50.2 Å². The summed E-state index contributed by atoms with van der Waals surface area (Å²) in [6, 6.07) is 6.16. The molecule has 6 heteroatoms. The molecule has 1 aromatic heterocycles. The first-order valence-electron chi connectivity index (χ1n) is 8.36. The summed E-state index contributed by atoms with van der Waals surface area (Å²) in [5.41, 5.74) is 2.96. The number of rotatable bonds is 2. The minimum absolute atomic E-state index is 0.0627. The second-order valence-corrected chi connectivity index (χ2v) is 6.82. The number of aryl methyl sites for hydroxylation is 1. The van der Waals surface area contributed by atoms with Gasteiger partial charge in [-0.15, -0.1) is 0 Å². The van der Waals surface area contributed by atoms with Crippen molar-refractivity contribution in [1.82, 2.24) is 20.0 Å². The van der Waals surface area contributed by atoms with Crippen molar-refractivity contribution in [3.8, 4) is 5.69 Å². The molecular weight excluding hydrogens is 307 g/mol. The zero-order valence-corrected chi connectivity index (χ0v) is 13.9. The van der Waals surface area contributed by atoms with Crippen molar-refractivity contribution in [2.24, 2.45) is 11.8 Å². The molecule has 0 aliphatic carbocycles. The van der Waals surface area contributed by atoms with Gasteiger partial charge < -0.3 is 10.2 Å². The van der Waals surface area contributed by atoms with Crippen LogP contribution in [0.3, 0.4) is 0 Å². The van der Waals surface area contributed by atoms with E-state index in [0.717, 1.165) is 43.3 Å². The largest absolute Gasteiger partial charge is 0.338 e. The molecule has 2 aliphatic heterocycles. The number of carbonyl (C=O) groups is 1. The Morgan fingerprint density at radius 2 is 1.79 bits per heavy atom. The van der Waals surface area contributed by atoms with E-state index in [1.54, 1.807) is 16.8 Å². The number of halogens is 1. The highest BCUT2D eigenvalue weighted by atomic mass is 19.1. The molecule has 0 bridgehead atoms. The summed E-state index contributed by atoms with van der Waals surface area (Å²) in [5.74, 6) is 0.921. The molecule has 24 heavy (non-hydrogen) atoms. The molecule has 0 radical (unpaired) electrons. The first-order valence-corrected chi connectivity index (χ1v) is 8.36. The number of hydrogen-bond donors (Lipinski definition) is 1. The molecule has 2 aromatic rings. The Morgan fingerprint density at radius 1 is 1.17 bits per heavy atom. The number of nitrogens with zero attached hydrogens (tertiary/aromatic N) is 3. The fourth-order valence-corrected chi connectivity index (χ4v) is 3.97. The maximum atomic E-state index is 13.1. The van der Waals surface area contributed by atoms with E-state index >= 15 is 0 Å². The van der Waals surface area contributed by atoms with Crippen LogP contribution in [0.25, 0.3) is 5.69 Å². The number of likely N-dealkylation sites (tertiary alicyclic amines) is 1. The Kier molecular flexibility index (Phi) is 3.64. The van der Waals surface area contributed by atoms with Gasteiger partial charge in [0.1, 0.15) is 5.82 Å². The van der Waals surface area contributed by atoms with Crippen LogP contribution in [0.15, 0.2) is 24.3 Å². The number of carbonyl (C=O) groups excluding carboxylic acids is 1. The van der Waals surface area contributed by atoms with Gasteiger partial charge in [0.15, 0.2) is 0 Å². The summed E-state index contributed by atoms with van der Waals surface area (Å²) in [5, 5.41) is 7.90. The zero-order chi connectivity index (χ0) is 16.8. The SMILES string of the molecule is Cc1nn(-c2ccc(F)cc2)c(C)c1C(=O)N1C[C@H]2CNC[C@H]2C1. The van der Waals surface area contributed by atoms with E-state index in [1.807, 2.05) is 18.7 Å². The maximum absolute atomic E-state index is 13.1. The molecule has 0 spiro atoms. The molecule has 0 unspecified atom stereocenters. The highest BCUT2D eigenvalue weighted by Crippen LogP contribution is 2.29. The Hall–Kier alpha value is -2.21. The zero-order valence-electron chi connectivity index (χ0n) is 13.9. The monoisotopic (exact) mass is 328 g/mol. The van der Waals surface area contributed by atoms with Gasteiger partial charge in [-0.3, -0.25) is 4.79 Å². The van der Waals surface area contributed by atoms with Crippen LogP contribution in [-0.4, -0.2) is 46.8 Å². The predicted molar refractivity (Wildman–Crippen MR) is 88.7 cm³/mol. The van der Waals surface area contributed by atoms with Crippen LogP contribution in [0.4, 0.5) is 4.39 Å². The fraction of sp³-hybridized carbons (Fsp3) is 0.444. The number of benzene rings is 1. The van der Waals surface area contributed by atoms with Crippen LogP contribution >= 0.6 is 0 Å². The quantitative estimate of drug-likeness (QED) is 0.916. The summed E-state index contributed by atoms with van der Waals surface area (Å²) >= 11 is 0. The Labute approximate surface area is 140 Å². The van der Waals surface area contributed by atoms with Gasteiger partial charge in [0.05, 0.1) is 22.6 Å². The first kappa shape index (κ1) is 15.3. The molecule has 0 saturated carbocycles. The third kappa shape index (κ3) is 2.41. The number of nitrogens with one attached hydrogen (secondary N) is 1. The van der Waals surface area contributed by atoms with Crippen LogP contribution < -0.4 is 5.32 Å². The third-order valence-corrected chi connectivity index (χ3v) is 5.25. The summed E-state index contributed by atoms with van der Waals surface area (Å²) in [6.45, 7) is 7.39. The highest BCUT2D eigenvalue weighted by molar-refractivity contribution is 5.96. The lowest BCUT2D eigenvalue weighted by Crippen LogP contribution is -2.32. The number of amides is 1. The number of fused-ring (bicyclic) bond motifs is 1. The van der Waals surface area contributed by atoms with E-state index in [9.17, 15) is 9.18 Å². The number of aromatic nitrogens is 2. The maximum Gasteiger partial charge on any atom is 0.257 e. The average Bonchev–Trinajstić information content (AvgIpc) is 3.21. The molecule has 2 saturated heterocycles. The molecule has 1 N–H and O–H groups in total. The van der Waals surface area contributed by atoms with E-state index in [0.29, 0.717) is 17.4 Å². The van der Waals surface area contributed by atoms with Gasteiger partial charge in [-0.25, -0.2) is 9.07 Å². The third-order valence-electron chi connectivity index (χ3n) is 5.25. The average molecular weight is 328 g/mol. The molecule has 4 rings (SSSR count). The van der Waals surface area contributed by atoms with Crippen molar-refractivity contribution < 1.29 is 9.18 Å². The molecule has 1 aromatic carbocycles. The molecule has 5 nitrogen and oxygen atoms in total. The van der Waals surface area contributed by atoms with Crippen LogP contribution in [-0.2, 0) is 0 Å². The van der Waals surface area contributed by atoms with Crippen LogP contribution in [0.5, 0.6) is 0 Å². The molecule has 126 valence electrons. The molecular formula is C18H21FN4O. The molecule has 2 fully saturated rings. The first-order chi connectivity index (χ1) is 11.5. The van der Waals surface area contributed by atoms with Crippen molar-refractivity contribution in [3.63, 3.8) is 0 Å². The minimum Gasteiger partial charge on any atom is -0.338 e. The van der Waals surface area contributed by atoms with Gasteiger partial charge in [-0.05, 0) is 49.9 Å². The summed E-state index contributed by atoms with van der Waals surface area (Å²) in [6.07, 6.45) is 0. The molecule has 2 atom stereocenters. The highest BCUT2D eigenvalue weighted by Gasteiger charge is 2.39. The standard InChI is InChI=1S/C18H21FN4O/c1-11-17(18(24)22-9-13-7-20-8-14(13)10-22)12(2)23(21-11)16-5-3-15(19)4-6-16/h3-6,13-14,20H,7-10H2,1-2H3/t13-,14+. The van der Waals surface area contributed by atoms with Gasteiger partial charge >= 0.3 is 0 Å². The molecule has 2 aliphatic rings. The van der Waals surface area contributed by atoms with Crippen LogP contribution in [0, 0.1) is 31.5 Å². The van der Waals surface area contributed by atoms with Crippen molar-refractivity contribution in [2.75, 3.05) is 26.2 Å². The van der Waals surface area contributed by atoms with E-state index in [2.05, 4.69) is 10.4 Å². The summed E-state index contributed by atoms with van der Waals surface area (Å²) in [4.78, 5) is 15.0. The van der Waals surface area contributed by atoms with Crippen molar-refractivity contribution in [2.45, 2.75) is 13.8 Å². The fourth-order valence-electron chi connectivity index (χ4n) is 3.97. The summed E-state index contributed by atoms with van der Waals surface area (Å²) < 4.78 is 14.9. The van der Waals surface area contributed by atoms with Gasteiger partial charge in [0, 0.05) is 26.2 Å². The smallest absolute Gasteiger partial charge is 0.257 e. The number of hydrogen-bond acceptors (Lipinski definition) is 3. The normalized spacial score (nSPS) is 22.9. The van der Waals surface area contributed by atoms with Crippen LogP contribution in [0.2, 0.25) is 0 Å².